The Kier molecular flexibility index (Phi) is 9.30. The van der Waals surface area contributed by atoms with Crippen LogP contribution in [-0.4, -0.2) is 71.4 Å². The predicted molar refractivity (Wildman–Crippen MR) is 164 cm³/mol. The second kappa shape index (κ2) is 12.7. The summed E-state index contributed by atoms with van der Waals surface area (Å²) in [6.07, 6.45) is 2.66. The SMILES string of the molecule is CN[C@@H](C)C(=O)N[C@H](C(=O)N1CCCC1C(=O)Nc1cc2c(Nc3ccccc3C)ncnc2cc1OC)C(C)(C)C. The van der Waals surface area contributed by atoms with Gasteiger partial charge in [-0.2, -0.15) is 0 Å². The van der Waals surface area contributed by atoms with Gasteiger partial charge in [0.1, 0.15) is 30.0 Å². The fraction of sp³-hybridized carbons (Fsp3) is 0.452. The lowest BCUT2D eigenvalue weighted by Gasteiger charge is -2.36. The van der Waals surface area contributed by atoms with Crippen molar-refractivity contribution in [1.82, 2.24) is 25.5 Å². The van der Waals surface area contributed by atoms with Gasteiger partial charge in [0.15, 0.2) is 0 Å². The second-order valence-electron chi connectivity index (χ2n) is 11.7. The number of amides is 3. The molecule has 1 aliphatic heterocycles. The van der Waals surface area contributed by atoms with E-state index in [0.29, 0.717) is 47.5 Å². The molecule has 0 aliphatic carbocycles. The minimum atomic E-state index is -0.795. The lowest BCUT2D eigenvalue weighted by atomic mass is 9.85. The van der Waals surface area contributed by atoms with Gasteiger partial charge in [0.25, 0.3) is 0 Å². The van der Waals surface area contributed by atoms with Crippen molar-refractivity contribution < 1.29 is 19.1 Å². The van der Waals surface area contributed by atoms with Crippen LogP contribution in [0.5, 0.6) is 5.75 Å². The Morgan fingerprint density at radius 2 is 1.83 bits per heavy atom. The zero-order valence-electron chi connectivity index (χ0n) is 25.4. The molecule has 0 radical (unpaired) electrons. The summed E-state index contributed by atoms with van der Waals surface area (Å²) in [6.45, 7) is 9.86. The number of rotatable bonds is 9. The number of benzene rings is 2. The van der Waals surface area contributed by atoms with Crippen LogP contribution < -0.4 is 26.0 Å². The van der Waals surface area contributed by atoms with Gasteiger partial charge in [0.05, 0.1) is 24.4 Å². The number of hydrogen-bond acceptors (Lipinski definition) is 8. The molecule has 0 bridgehead atoms. The Balaban J connectivity index is 1.60. The monoisotopic (exact) mass is 575 g/mol. The third-order valence-corrected chi connectivity index (χ3v) is 7.68. The molecule has 224 valence electrons. The number of aryl methyl sites for hydroxylation is 1. The van der Waals surface area contributed by atoms with Crippen LogP contribution in [0.2, 0.25) is 0 Å². The molecule has 4 rings (SSSR count). The number of likely N-dealkylation sites (N-methyl/N-ethyl adjacent to an activating group) is 1. The molecule has 0 spiro atoms. The topological polar surface area (TPSA) is 138 Å². The lowest BCUT2D eigenvalue weighted by Crippen LogP contribution is -2.59. The van der Waals surface area contributed by atoms with Gasteiger partial charge >= 0.3 is 0 Å². The Labute approximate surface area is 246 Å². The molecule has 4 N–H and O–H groups in total. The summed E-state index contributed by atoms with van der Waals surface area (Å²) in [6, 6.07) is 9.46. The van der Waals surface area contributed by atoms with Gasteiger partial charge in [-0.3, -0.25) is 14.4 Å². The van der Waals surface area contributed by atoms with Crippen LogP contribution >= 0.6 is 0 Å². The number of likely N-dealkylation sites (tertiary alicyclic amines) is 1. The summed E-state index contributed by atoms with van der Waals surface area (Å²) in [5.41, 5.74) is 2.49. The number of nitrogens with zero attached hydrogens (tertiary/aromatic N) is 3. The first-order chi connectivity index (χ1) is 19.9. The highest BCUT2D eigenvalue weighted by Crippen LogP contribution is 2.34. The van der Waals surface area contributed by atoms with Crippen LogP contribution in [0.15, 0.2) is 42.7 Å². The summed E-state index contributed by atoms with van der Waals surface area (Å²) in [4.78, 5) is 50.6. The number of aromatic nitrogens is 2. The number of methoxy groups -OCH3 is 1. The Hall–Kier alpha value is -4.25. The van der Waals surface area contributed by atoms with E-state index >= 15 is 0 Å². The van der Waals surface area contributed by atoms with E-state index in [1.165, 1.54) is 13.4 Å². The van der Waals surface area contributed by atoms with Crippen molar-refractivity contribution >= 4 is 45.8 Å². The summed E-state index contributed by atoms with van der Waals surface area (Å²) in [5.74, 6) is 0.147. The van der Waals surface area contributed by atoms with Gasteiger partial charge in [-0.15, -0.1) is 0 Å². The molecule has 11 nitrogen and oxygen atoms in total. The van der Waals surface area contributed by atoms with Crippen LogP contribution in [0.3, 0.4) is 0 Å². The van der Waals surface area contributed by atoms with Crippen LogP contribution in [0.25, 0.3) is 10.9 Å². The second-order valence-corrected chi connectivity index (χ2v) is 11.7. The van der Waals surface area contributed by atoms with E-state index in [1.807, 2.05) is 52.0 Å². The molecule has 3 aromatic rings. The third-order valence-electron chi connectivity index (χ3n) is 7.68. The predicted octanol–water partition coefficient (Wildman–Crippen LogP) is 3.76. The zero-order chi connectivity index (χ0) is 30.6. The van der Waals surface area contributed by atoms with E-state index in [9.17, 15) is 14.4 Å². The van der Waals surface area contributed by atoms with E-state index in [2.05, 4.69) is 31.2 Å². The van der Waals surface area contributed by atoms with Crippen molar-refractivity contribution in [3.8, 4) is 5.75 Å². The largest absolute Gasteiger partial charge is 0.494 e. The number of anilines is 3. The van der Waals surface area contributed by atoms with Crippen molar-refractivity contribution in [3.05, 3.63) is 48.3 Å². The number of ether oxygens (including phenoxy) is 1. The van der Waals surface area contributed by atoms with Crippen LogP contribution in [0.1, 0.15) is 46.1 Å². The number of fused-ring (bicyclic) bond motifs is 1. The molecule has 2 aromatic carbocycles. The quantitative estimate of drug-likeness (QED) is 0.303. The number of nitrogens with one attached hydrogen (secondary N) is 4. The van der Waals surface area contributed by atoms with Gasteiger partial charge in [0.2, 0.25) is 17.7 Å². The number of carbonyl (C=O) groups excluding carboxylic acids is 3. The molecular formula is C31H41N7O4. The summed E-state index contributed by atoms with van der Waals surface area (Å²) < 4.78 is 5.60. The average Bonchev–Trinajstić information content (AvgIpc) is 3.46. The first kappa shape index (κ1) is 30.7. The van der Waals surface area contributed by atoms with Crippen LogP contribution in [0, 0.1) is 12.3 Å². The zero-order valence-corrected chi connectivity index (χ0v) is 25.4. The smallest absolute Gasteiger partial charge is 0.247 e. The molecule has 42 heavy (non-hydrogen) atoms. The lowest BCUT2D eigenvalue weighted by molar-refractivity contribution is -0.143. The first-order valence-electron chi connectivity index (χ1n) is 14.2. The van der Waals surface area contributed by atoms with Crippen molar-refractivity contribution in [3.63, 3.8) is 0 Å². The highest BCUT2D eigenvalue weighted by Gasteiger charge is 2.42. The van der Waals surface area contributed by atoms with Gasteiger partial charge in [-0.1, -0.05) is 39.0 Å². The van der Waals surface area contributed by atoms with Gasteiger partial charge in [0, 0.05) is 23.7 Å². The van der Waals surface area contributed by atoms with E-state index in [1.54, 1.807) is 31.0 Å². The van der Waals surface area contributed by atoms with E-state index < -0.39 is 23.5 Å². The standard InChI is InChI=1S/C31H41N7O4/c1-18-11-8-9-12-21(18)35-27-20-15-23(25(42-7)16-22(20)33-17-34-27)36-29(40)24-13-10-14-38(24)30(41)26(31(3,4)5)37-28(39)19(2)32-6/h8-9,11-12,15-17,19,24,26,32H,10,13-14H2,1-7H3,(H,36,40)(H,37,39)(H,33,34,35)/t19-,24?,26+/m0/s1. The molecule has 11 heteroatoms. The maximum absolute atomic E-state index is 13.8. The van der Waals surface area contributed by atoms with Gasteiger partial charge in [-0.25, -0.2) is 9.97 Å². The number of carbonyl (C=O) groups is 3. The molecule has 3 amide bonds. The first-order valence-corrected chi connectivity index (χ1v) is 14.2. The molecule has 2 heterocycles. The van der Waals surface area contributed by atoms with Gasteiger partial charge < -0.3 is 30.9 Å². The van der Waals surface area contributed by atoms with E-state index in [-0.39, 0.29) is 17.7 Å². The Morgan fingerprint density at radius 3 is 2.50 bits per heavy atom. The van der Waals surface area contributed by atoms with Crippen LogP contribution in [0.4, 0.5) is 17.2 Å². The maximum Gasteiger partial charge on any atom is 0.247 e. The van der Waals surface area contributed by atoms with Crippen molar-refractivity contribution in [1.29, 1.82) is 0 Å². The molecule has 1 aliphatic rings. The normalized spacial score (nSPS) is 16.5. The number of para-hydroxylation sites is 1. The number of hydrogen-bond donors (Lipinski definition) is 4. The molecule has 0 saturated carbocycles. The minimum Gasteiger partial charge on any atom is -0.494 e. The van der Waals surface area contributed by atoms with E-state index in [4.69, 9.17) is 4.74 Å². The Bertz CT molecular complexity index is 1470. The van der Waals surface area contributed by atoms with Crippen molar-refractivity contribution in [2.75, 3.05) is 31.3 Å². The molecule has 3 atom stereocenters. The summed E-state index contributed by atoms with van der Waals surface area (Å²) in [5, 5.41) is 12.9. The molecule has 1 aromatic heterocycles. The highest BCUT2D eigenvalue weighted by molar-refractivity contribution is 6.03. The maximum atomic E-state index is 13.8. The fourth-order valence-electron chi connectivity index (χ4n) is 5.02. The Morgan fingerprint density at radius 1 is 1.10 bits per heavy atom. The average molecular weight is 576 g/mol. The third kappa shape index (κ3) is 6.62. The summed E-state index contributed by atoms with van der Waals surface area (Å²) >= 11 is 0. The van der Waals surface area contributed by atoms with Crippen molar-refractivity contribution in [2.45, 2.75) is 65.6 Å². The highest BCUT2D eigenvalue weighted by atomic mass is 16.5. The van der Waals surface area contributed by atoms with Gasteiger partial charge in [-0.05, 0) is 56.8 Å². The molecule has 1 saturated heterocycles. The fourth-order valence-corrected chi connectivity index (χ4v) is 5.02. The molecule has 1 fully saturated rings. The van der Waals surface area contributed by atoms with Crippen LogP contribution in [-0.2, 0) is 14.4 Å². The molecule has 1 unspecified atom stereocenters. The molecular weight excluding hydrogens is 534 g/mol. The summed E-state index contributed by atoms with van der Waals surface area (Å²) in [7, 11) is 3.21. The van der Waals surface area contributed by atoms with Crippen molar-refractivity contribution in [2.24, 2.45) is 5.41 Å². The van der Waals surface area contributed by atoms with E-state index in [0.717, 1.165) is 11.3 Å². The minimum absolute atomic E-state index is 0.274.